The van der Waals surface area contributed by atoms with Gasteiger partial charge in [0.25, 0.3) is 0 Å². The number of carbonyl (C=O) groups is 2. The van der Waals surface area contributed by atoms with Crippen LogP contribution in [0.5, 0.6) is 0 Å². The predicted octanol–water partition coefficient (Wildman–Crippen LogP) is 3.38. The summed E-state index contributed by atoms with van der Waals surface area (Å²) in [6.07, 6.45) is 0. The molecule has 0 saturated carbocycles. The molecule has 0 heterocycles. The summed E-state index contributed by atoms with van der Waals surface area (Å²) in [5.41, 5.74) is 2.64. The first kappa shape index (κ1) is 18.9. The van der Waals surface area contributed by atoms with Crippen molar-refractivity contribution in [2.24, 2.45) is 0 Å². The zero-order chi connectivity index (χ0) is 15.1. The van der Waals surface area contributed by atoms with Gasteiger partial charge in [0.15, 0.2) is 0 Å². The number of benzene rings is 2. The zero-order valence-electron chi connectivity index (χ0n) is 11.6. The molecule has 0 aliphatic carbocycles. The van der Waals surface area contributed by atoms with E-state index in [0.717, 1.165) is 11.1 Å². The van der Waals surface area contributed by atoms with Crippen molar-refractivity contribution in [3.8, 4) is 0 Å². The molecule has 114 valence electrons. The Morgan fingerprint density at radius 3 is 1.29 bits per heavy atom. The zero-order valence-corrected chi connectivity index (χ0v) is 12.6. The fourth-order valence-corrected chi connectivity index (χ4v) is 1.56. The number of rotatable bonds is 2. The summed E-state index contributed by atoms with van der Waals surface area (Å²) >= 11 is 0. The normalized spacial score (nSPS) is 8.86. The van der Waals surface area contributed by atoms with E-state index in [1.807, 2.05) is 26.0 Å². The van der Waals surface area contributed by atoms with Gasteiger partial charge >= 0.3 is 11.9 Å². The number of aromatic carboxylic acids is 2. The van der Waals surface area contributed by atoms with Gasteiger partial charge in [0.2, 0.25) is 0 Å². The van der Waals surface area contributed by atoms with Gasteiger partial charge in [-0.25, -0.2) is 9.59 Å². The van der Waals surface area contributed by atoms with Crippen LogP contribution in [-0.4, -0.2) is 22.2 Å². The number of hydrogen-bond acceptors (Lipinski definition) is 2. The third kappa shape index (κ3) is 6.73. The van der Waals surface area contributed by atoms with Crippen molar-refractivity contribution in [3.63, 3.8) is 0 Å². The van der Waals surface area contributed by atoms with Crippen molar-refractivity contribution in [2.75, 3.05) is 0 Å². The van der Waals surface area contributed by atoms with Crippen LogP contribution >= 0.6 is 0 Å². The average molecular weight is 331 g/mol. The second kappa shape index (κ2) is 8.93. The summed E-state index contributed by atoms with van der Waals surface area (Å²) in [5.74, 6) is -1.74. The van der Waals surface area contributed by atoms with Crippen molar-refractivity contribution in [2.45, 2.75) is 13.8 Å². The smallest absolute Gasteiger partial charge is 0.335 e. The maximum atomic E-state index is 10.4. The van der Waals surface area contributed by atoms with E-state index in [2.05, 4.69) is 0 Å². The van der Waals surface area contributed by atoms with Gasteiger partial charge in [-0.15, -0.1) is 0 Å². The SMILES string of the molecule is Cc1cccc(C(=O)O)c1.Cc1cccc(C(=O)O)c1.[Ni]. The molecule has 0 bridgehead atoms. The Morgan fingerprint density at radius 1 is 0.762 bits per heavy atom. The van der Waals surface area contributed by atoms with Crippen molar-refractivity contribution in [1.82, 2.24) is 0 Å². The first-order chi connectivity index (χ1) is 9.40. The molecule has 5 heteroatoms. The number of carboxylic acids is 2. The second-order valence-corrected chi connectivity index (χ2v) is 4.35. The molecule has 2 rings (SSSR count). The van der Waals surface area contributed by atoms with Crippen LogP contribution in [0, 0.1) is 13.8 Å². The molecule has 0 amide bonds. The molecular weight excluding hydrogens is 315 g/mol. The van der Waals surface area contributed by atoms with Crippen LogP contribution in [0.2, 0.25) is 0 Å². The Kier molecular flexibility index (Phi) is 8.02. The van der Waals surface area contributed by atoms with Crippen LogP contribution in [0.3, 0.4) is 0 Å². The van der Waals surface area contributed by atoms with Gasteiger partial charge < -0.3 is 10.2 Å². The maximum absolute atomic E-state index is 10.4. The van der Waals surface area contributed by atoms with E-state index < -0.39 is 11.9 Å². The van der Waals surface area contributed by atoms with Gasteiger partial charge in [0.1, 0.15) is 0 Å². The van der Waals surface area contributed by atoms with E-state index >= 15 is 0 Å². The molecule has 0 radical (unpaired) electrons. The Hall–Kier alpha value is -2.13. The first-order valence-electron chi connectivity index (χ1n) is 6.00. The van der Waals surface area contributed by atoms with E-state index in [4.69, 9.17) is 10.2 Å². The summed E-state index contributed by atoms with van der Waals surface area (Å²) in [4.78, 5) is 20.7. The molecule has 0 fully saturated rings. The van der Waals surface area contributed by atoms with Crippen molar-refractivity contribution in [1.29, 1.82) is 0 Å². The maximum Gasteiger partial charge on any atom is 0.335 e. The molecule has 0 unspecified atom stereocenters. The van der Waals surface area contributed by atoms with Crippen LogP contribution in [0.4, 0.5) is 0 Å². The van der Waals surface area contributed by atoms with Crippen molar-refractivity contribution in [3.05, 3.63) is 70.8 Å². The molecule has 0 saturated heterocycles. The molecular formula is C16H16NiO4. The molecule has 0 aliphatic rings. The van der Waals surface area contributed by atoms with Gasteiger partial charge in [-0.05, 0) is 38.1 Å². The van der Waals surface area contributed by atoms with Crippen LogP contribution in [-0.2, 0) is 16.5 Å². The van der Waals surface area contributed by atoms with E-state index in [0.29, 0.717) is 11.1 Å². The number of carboxylic acid groups (broad SMARTS) is 2. The molecule has 2 aromatic carbocycles. The van der Waals surface area contributed by atoms with Crippen molar-refractivity contribution < 1.29 is 36.3 Å². The van der Waals surface area contributed by atoms with Gasteiger partial charge in [0, 0.05) is 16.5 Å². The molecule has 2 N–H and O–H groups in total. The van der Waals surface area contributed by atoms with Crippen LogP contribution in [0.15, 0.2) is 48.5 Å². The molecule has 21 heavy (non-hydrogen) atoms. The molecule has 0 spiro atoms. The van der Waals surface area contributed by atoms with Crippen LogP contribution < -0.4 is 0 Å². The number of hydrogen-bond donors (Lipinski definition) is 2. The molecule has 4 nitrogen and oxygen atoms in total. The molecule has 0 aliphatic heterocycles. The quantitative estimate of drug-likeness (QED) is 0.828. The Labute approximate surface area is 133 Å². The predicted molar refractivity (Wildman–Crippen MR) is 76.3 cm³/mol. The van der Waals surface area contributed by atoms with Gasteiger partial charge in [0.05, 0.1) is 11.1 Å². The van der Waals surface area contributed by atoms with E-state index in [1.54, 1.807) is 36.4 Å². The van der Waals surface area contributed by atoms with Gasteiger partial charge in [-0.1, -0.05) is 35.4 Å². The second-order valence-electron chi connectivity index (χ2n) is 4.35. The minimum absolute atomic E-state index is 0. The first-order valence-corrected chi connectivity index (χ1v) is 6.00. The van der Waals surface area contributed by atoms with Crippen LogP contribution in [0.1, 0.15) is 31.8 Å². The summed E-state index contributed by atoms with van der Waals surface area (Å²) in [7, 11) is 0. The molecule has 2 aromatic rings. The van der Waals surface area contributed by atoms with Crippen LogP contribution in [0.25, 0.3) is 0 Å². The van der Waals surface area contributed by atoms with Gasteiger partial charge in [-0.3, -0.25) is 0 Å². The fraction of sp³-hybridized carbons (Fsp3) is 0.125. The monoisotopic (exact) mass is 330 g/mol. The Balaban J connectivity index is 0.000000364. The van der Waals surface area contributed by atoms with E-state index in [9.17, 15) is 9.59 Å². The average Bonchev–Trinajstić information content (AvgIpc) is 2.39. The van der Waals surface area contributed by atoms with Crippen molar-refractivity contribution >= 4 is 11.9 Å². The third-order valence-corrected chi connectivity index (χ3v) is 2.53. The minimum atomic E-state index is -0.872. The summed E-state index contributed by atoms with van der Waals surface area (Å²) in [5, 5.41) is 17.0. The van der Waals surface area contributed by atoms with E-state index in [1.165, 1.54) is 0 Å². The summed E-state index contributed by atoms with van der Waals surface area (Å²) in [6.45, 7) is 3.74. The Bertz CT molecular complexity index is 568. The largest absolute Gasteiger partial charge is 0.478 e. The minimum Gasteiger partial charge on any atom is -0.478 e. The summed E-state index contributed by atoms with van der Waals surface area (Å²) < 4.78 is 0. The third-order valence-electron chi connectivity index (χ3n) is 2.53. The molecule has 0 atom stereocenters. The topological polar surface area (TPSA) is 74.6 Å². The fourth-order valence-electron chi connectivity index (χ4n) is 1.56. The van der Waals surface area contributed by atoms with Gasteiger partial charge in [-0.2, -0.15) is 0 Å². The van der Waals surface area contributed by atoms with E-state index in [-0.39, 0.29) is 16.5 Å². The number of aryl methyl sites for hydroxylation is 2. The summed E-state index contributed by atoms with van der Waals surface area (Å²) in [6, 6.07) is 13.6. The molecule has 0 aromatic heterocycles. The Morgan fingerprint density at radius 2 is 1.10 bits per heavy atom. The standard InChI is InChI=1S/2C8H8O2.Ni/c2*1-6-3-2-4-7(5-6)8(9)10;/h2*2-5H,1H3,(H,9,10);.